The Morgan fingerprint density at radius 1 is 1.00 bits per heavy atom. The molecule has 0 spiro atoms. The lowest BCUT2D eigenvalue weighted by molar-refractivity contribution is -0.133. The Bertz CT molecular complexity index is 372. The van der Waals surface area contributed by atoms with Crippen LogP contribution in [-0.2, 0) is 14.4 Å². The summed E-state index contributed by atoms with van der Waals surface area (Å²) >= 11 is 0. The molecule has 102 valence electrons. The maximum absolute atomic E-state index is 11.5. The van der Waals surface area contributed by atoms with E-state index in [1.54, 1.807) is 13.8 Å². The molecule has 0 saturated carbocycles. The third-order valence-corrected chi connectivity index (χ3v) is 2.46. The number of hydrogen-bond acceptors (Lipinski definition) is 3. The van der Waals surface area contributed by atoms with Crippen molar-refractivity contribution in [2.24, 2.45) is 5.92 Å². The molecular formula is C12H20N2O4. The van der Waals surface area contributed by atoms with Crippen molar-refractivity contribution in [1.82, 2.24) is 10.6 Å². The van der Waals surface area contributed by atoms with Crippen LogP contribution < -0.4 is 10.6 Å². The second-order valence-electron chi connectivity index (χ2n) is 4.26. The summed E-state index contributed by atoms with van der Waals surface area (Å²) < 4.78 is 0. The van der Waals surface area contributed by atoms with E-state index in [1.165, 1.54) is 13.8 Å². The summed E-state index contributed by atoms with van der Waals surface area (Å²) in [4.78, 5) is 33.4. The van der Waals surface area contributed by atoms with Gasteiger partial charge in [-0.15, -0.1) is 0 Å². The molecule has 0 fully saturated rings. The normalized spacial score (nSPS) is 11.8. The molecule has 6 nitrogen and oxygen atoms in total. The molecule has 18 heavy (non-hydrogen) atoms. The Balaban J connectivity index is 4.10. The highest BCUT2D eigenvalue weighted by Gasteiger charge is 2.12. The van der Waals surface area contributed by atoms with Crippen LogP contribution in [0.15, 0.2) is 11.1 Å². The lowest BCUT2D eigenvalue weighted by Gasteiger charge is -2.09. The van der Waals surface area contributed by atoms with E-state index in [4.69, 9.17) is 5.11 Å². The molecule has 0 radical (unpaired) electrons. The van der Waals surface area contributed by atoms with Crippen molar-refractivity contribution in [2.75, 3.05) is 13.1 Å². The van der Waals surface area contributed by atoms with E-state index in [0.29, 0.717) is 6.54 Å². The van der Waals surface area contributed by atoms with Crippen molar-refractivity contribution in [3.8, 4) is 0 Å². The predicted octanol–water partition coefficient (Wildman–Crippen LogP) is 0.296. The highest BCUT2D eigenvalue weighted by Crippen LogP contribution is 2.02. The van der Waals surface area contributed by atoms with Gasteiger partial charge in [0.2, 0.25) is 11.8 Å². The molecular weight excluding hydrogens is 236 g/mol. The number of carboxylic acid groups (broad SMARTS) is 1. The van der Waals surface area contributed by atoms with Crippen LogP contribution in [0.4, 0.5) is 0 Å². The topological polar surface area (TPSA) is 95.5 Å². The van der Waals surface area contributed by atoms with E-state index in [0.717, 1.165) is 0 Å². The Labute approximate surface area is 106 Å². The third-order valence-electron chi connectivity index (χ3n) is 2.46. The molecule has 0 atom stereocenters. The van der Waals surface area contributed by atoms with Gasteiger partial charge in [-0.05, 0) is 13.8 Å². The Morgan fingerprint density at radius 3 is 1.94 bits per heavy atom. The van der Waals surface area contributed by atoms with Crippen LogP contribution in [0.2, 0.25) is 0 Å². The van der Waals surface area contributed by atoms with Gasteiger partial charge in [0.25, 0.3) is 0 Å². The van der Waals surface area contributed by atoms with Crippen molar-refractivity contribution in [3.05, 3.63) is 11.1 Å². The number of carbonyl (C=O) groups excluding carboxylic acids is 2. The molecule has 0 rings (SSSR count). The Morgan fingerprint density at radius 2 is 1.50 bits per heavy atom. The summed E-state index contributed by atoms with van der Waals surface area (Å²) in [5.41, 5.74) is 0.177. The zero-order valence-corrected chi connectivity index (χ0v) is 11.2. The smallest absolute Gasteiger partial charge is 0.331 e. The minimum absolute atomic E-state index is 0.0127. The minimum atomic E-state index is -1.12. The monoisotopic (exact) mass is 256 g/mol. The summed E-state index contributed by atoms with van der Waals surface area (Å²) in [6, 6.07) is 0. The number of nitrogens with one attached hydrogen (secondary N) is 2. The molecule has 0 aromatic rings. The standard InChI is InChI=1S/C12H20N2O4/c1-7(2)10(15)13-5-6-14-11(16)8(3)9(4)12(17)18/h7H,5-6H2,1-4H3,(H,13,15)(H,14,16)(H,17,18). The van der Waals surface area contributed by atoms with E-state index in [2.05, 4.69) is 10.6 Å². The zero-order chi connectivity index (χ0) is 14.3. The number of amides is 2. The maximum atomic E-state index is 11.5. The third kappa shape index (κ3) is 5.47. The molecule has 0 aliphatic rings. The van der Waals surface area contributed by atoms with E-state index >= 15 is 0 Å². The summed E-state index contributed by atoms with van der Waals surface area (Å²) in [7, 11) is 0. The first kappa shape index (κ1) is 16.1. The molecule has 0 unspecified atom stereocenters. The maximum Gasteiger partial charge on any atom is 0.331 e. The average molecular weight is 256 g/mol. The van der Waals surface area contributed by atoms with E-state index in [-0.39, 0.29) is 29.5 Å². The van der Waals surface area contributed by atoms with Crippen LogP contribution >= 0.6 is 0 Å². The summed E-state index contributed by atoms with van der Waals surface area (Å²) in [5, 5.41) is 13.9. The van der Waals surface area contributed by atoms with Crippen LogP contribution in [-0.4, -0.2) is 36.0 Å². The largest absolute Gasteiger partial charge is 0.478 e. The first-order valence-corrected chi connectivity index (χ1v) is 5.74. The van der Waals surface area contributed by atoms with Gasteiger partial charge in [0.1, 0.15) is 0 Å². The molecule has 0 saturated heterocycles. The summed E-state index contributed by atoms with van der Waals surface area (Å²) in [5.74, 6) is -1.74. The summed E-state index contributed by atoms with van der Waals surface area (Å²) in [6.07, 6.45) is 0. The molecule has 6 heteroatoms. The van der Waals surface area contributed by atoms with Gasteiger partial charge >= 0.3 is 5.97 Å². The van der Waals surface area contributed by atoms with Gasteiger partial charge < -0.3 is 15.7 Å². The lowest BCUT2D eigenvalue weighted by Crippen LogP contribution is -2.36. The Kier molecular flexibility index (Phi) is 6.70. The van der Waals surface area contributed by atoms with Gasteiger partial charge in [-0.1, -0.05) is 13.8 Å². The van der Waals surface area contributed by atoms with E-state index < -0.39 is 11.9 Å². The van der Waals surface area contributed by atoms with Crippen LogP contribution in [0.5, 0.6) is 0 Å². The molecule has 0 bridgehead atoms. The van der Waals surface area contributed by atoms with Crippen LogP contribution in [0.1, 0.15) is 27.7 Å². The molecule has 0 aromatic carbocycles. The highest BCUT2D eigenvalue weighted by molar-refractivity contribution is 6.01. The lowest BCUT2D eigenvalue weighted by atomic mass is 10.1. The molecule has 0 heterocycles. The first-order valence-electron chi connectivity index (χ1n) is 5.74. The van der Waals surface area contributed by atoms with Gasteiger partial charge in [0, 0.05) is 30.2 Å². The SMILES string of the molecule is CC(C(=O)O)=C(C)C(=O)NCCNC(=O)C(C)C. The number of rotatable bonds is 6. The second kappa shape index (κ2) is 7.47. The molecule has 0 aliphatic carbocycles. The van der Waals surface area contributed by atoms with Crippen molar-refractivity contribution < 1.29 is 19.5 Å². The Hall–Kier alpha value is -1.85. The van der Waals surface area contributed by atoms with Gasteiger partial charge in [-0.25, -0.2) is 4.79 Å². The van der Waals surface area contributed by atoms with Crippen LogP contribution in [0.3, 0.4) is 0 Å². The van der Waals surface area contributed by atoms with Crippen LogP contribution in [0, 0.1) is 5.92 Å². The average Bonchev–Trinajstić information content (AvgIpc) is 2.31. The fraction of sp³-hybridized carbons (Fsp3) is 0.583. The van der Waals surface area contributed by atoms with Gasteiger partial charge in [0.15, 0.2) is 0 Å². The van der Waals surface area contributed by atoms with Crippen molar-refractivity contribution in [3.63, 3.8) is 0 Å². The summed E-state index contributed by atoms with van der Waals surface area (Å²) in [6.45, 7) is 6.96. The van der Waals surface area contributed by atoms with Crippen molar-refractivity contribution in [2.45, 2.75) is 27.7 Å². The van der Waals surface area contributed by atoms with E-state index in [9.17, 15) is 14.4 Å². The minimum Gasteiger partial charge on any atom is -0.478 e. The van der Waals surface area contributed by atoms with Gasteiger partial charge in [0.05, 0.1) is 0 Å². The van der Waals surface area contributed by atoms with Crippen LogP contribution in [0.25, 0.3) is 0 Å². The molecule has 3 N–H and O–H groups in total. The molecule has 0 aliphatic heterocycles. The number of carbonyl (C=O) groups is 3. The predicted molar refractivity (Wildman–Crippen MR) is 66.9 cm³/mol. The van der Waals surface area contributed by atoms with Crippen molar-refractivity contribution in [1.29, 1.82) is 0 Å². The van der Waals surface area contributed by atoms with Crippen molar-refractivity contribution >= 4 is 17.8 Å². The molecule has 0 aromatic heterocycles. The second-order valence-corrected chi connectivity index (χ2v) is 4.26. The number of hydrogen-bond donors (Lipinski definition) is 3. The zero-order valence-electron chi connectivity index (χ0n) is 11.2. The molecule has 2 amide bonds. The fourth-order valence-electron chi connectivity index (χ4n) is 1.03. The number of carboxylic acids is 1. The van der Waals surface area contributed by atoms with E-state index in [1.807, 2.05) is 0 Å². The quantitative estimate of drug-likeness (QED) is 0.470. The fourth-order valence-corrected chi connectivity index (χ4v) is 1.03. The number of aliphatic carboxylic acids is 1. The van der Waals surface area contributed by atoms with Gasteiger partial charge in [-0.2, -0.15) is 0 Å². The first-order chi connectivity index (χ1) is 8.27. The highest BCUT2D eigenvalue weighted by atomic mass is 16.4. The van der Waals surface area contributed by atoms with Gasteiger partial charge in [-0.3, -0.25) is 9.59 Å².